The van der Waals surface area contributed by atoms with Gasteiger partial charge in [0, 0.05) is 6.04 Å². The Morgan fingerprint density at radius 2 is 1.84 bits per heavy atom. The number of benzene rings is 1. The lowest BCUT2D eigenvalue weighted by atomic mass is 10.0. The van der Waals surface area contributed by atoms with Crippen molar-refractivity contribution < 1.29 is 14.6 Å². The van der Waals surface area contributed by atoms with Crippen LogP contribution in [0.5, 0.6) is 5.75 Å². The van der Waals surface area contributed by atoms with E-state index in [0.29, 0.717) is 6.42 Å². The van der Waals surface area contributed by atoms with E-state index in [0.717, 1.165) is 11.3 Å². The lowest BCUT2D eigenvalue weighted by Gasteiger charge is -2.21. The second-order valence-corrected chi connectivity index (χ2v) is 5.57. The molecule has 0 saturated carbocycles. The third-order valence-corrected chi connectivity index (χ3v) is 2.52. The fraction of sp³-hybridized carbons (Fsp3) is 0.500. The molecule has 0 saturated heterocycles. The summed E-state index contributed by atoms with van der Waals surface area (Å²) >= 11 is 0. The van der Waals surface area contributed by atoms with Gasteiger partial charge >= 0.3 is 0 Å². The first-order chi connectivity index (χ1) is 8.69. The SMILES string of the molecule is CC(C)(C)Oc1ccc(CC(N)C(O)C(N)=O)cc1. The molecular formula is C14H22N2O3. The van der Waals surface area contributed by atoms with E-state index in [1.54, 1.807) is 0 Å². The van der Waals surface area contributed by atoms with Gasteiger partial charge in [0.2, 0.25) is 5.91 Å². The summed E-state index contributed by atoms with van der Waals surface area (Å²) < 4.78 is 5.69. The number of hydrogen-bond donors (Lipinski definition) is 3. The minimum atomic E-state index is -1.33. The highest BCUT2D eigenvalue weighted by molar-refractivity contribution is 5.79. The van der Waals surface area contributed by atoms with Crippen LogP contribution >= 0.6 is 0 Å². The Hall–Kier alpha value is -1.59. The Balaban J connectivity index is 2.64. The van der Waals surface area contributed by atoms with E-state index in [1.807, 2.05) is 45.0 Å². The lowest BCUT2D eigenvalue weighted by molar-refractivity contribution is -0.126. The van der Waals surface area contributed by atoms with Crippen LogP contribution in [0.4, 0.5) is 0 Å². The molecule has 0 heterocycles. The number of rotatable bonds is 5. The van der Waals surface area contributed by atoms with E-state index in [1.165, 1.54) is 0 Å². The summed E-state index contributed by atoms with van der Waals surface area (Å²) in [5.41, 5.74) is 11.4. The van der Waals surface area contributed by atoms with E-state index < -0.39 is 18.1 Å². The van der Waals surface area contributed by atoms with Crippen LogP contribution in [0.3, 0.4) is 0 Å². The Labute approximate surface area is 113 Å². The van der Waals surface area contributed by atoms with Crippen molar-refractivity contribution in [3.05, 3.63) is 29.8 Å². The van der Waals surface area contributed by atoms with Gasteiger partial charge in [-0.2, -0.15) is 0 Å². The molecule has 0 aliphatic carbocycles. The highest BCUT2D eigenvalue weighted by atomic mass is 16.5. The van der Waals surface area contributed by atoms with E-state index in [9.17, 15) is 9.90 Å². The van der Waals surface area contributed by atoms with Crippen LogP contribution in [0.2, 0.25) is 0 Å². The lowest BCUT2D eigenvalue weighted by Crippen LogP contribution is -2.45. The Morgan fingerprint density at radius 3 is 2.26 bits per heavy atom. The number of amides is 1. The summed E-state index contributed by atoms with van der Waals surface area (Å²) in [7, 11) is 0. The fourth-order valence-corrected chi connectivity index (χ4v) is 1.64. The first kappa shape index (κ1) is 15.5. The Kier molecular flexibility index (Phi) is 4.91. The number of carbonyl (C=O) groups is 1. The van der Waals surface area contributed by atoms with Crippen LogP contribution in [-0.4, -0.2) is 28.8 Å². The zero-order valence-corrected chi connectivity index (χ0v) is 11.6. The van der Waals surface area contributed by atoms with Crippen molar-refractivity contribution in [3.63, 3.8) is 0 Å². The number of aliphatic hydroxyl groups is 1. The maximum Gasteiger partial charge on any atom is 0.247 e. The molecule has 0 fully saturated rings. The third kappa shape index (κ3) is 5.28. The predicted molar refractivity (Wildman–Crippen MR) is 73.7 cm³/mol. The molecule has 0 spiro atoms. The molecule has 0 bridgehead atoms. The summed E-state index contributed by atoms with van der Waals surface area (Å²) in [6, 6.07) is 6.68. The van der Waals surface area contributed by atoms with Crippen LogP contribution in [0, 0.1) is 0 Å². The molecule has 19 heavy (non-hydrogen) atoms. The van der Waals surface area contributed by atoms with Gasteiger partial charge in [-0.1, -0.05) is 12.1 Å². The van der Waals surface area contributed by atoms with Gasteiger partial charge in [0.05, 0.1) is 0 Å². The average Bonchev–Trinajstić information content (AvgIpc) is 2.28. The molecule has 0 aromatic heterocycles. The van der Waals surface area contributed by atoms with E-state index in [-0.39, 0.29) is 5.60 Å². The van der Waals surface area contributed by atoms with E-state index >= 15 is 0 Å². The summed E-state index contributed by atoms with van der Waals surface area (Å²) in [5.74, 6) is -0.0412. The monoisotopic (exact) mass is 266 g/mol. The zero-order chi connectivity index (χ0) is 14.6. The molecule has 1 amide bonds. The molecule has 0 radical (unpaired) electrons. The summed E-state index contributed by atoms with van der Waals surface area (Å²) in [6.45, 7) is 5.92. The highest BCUT2D eigenvalue weighted by Crippen LogP contribution is 2.19. The smallest absolute Gasteiger partial charge is 0.247 e. The average molecular weight is 266 g/mol. The van der Waals surface area contributed by atoms with Crippen molar-refractivity contribution in [3.8, 4) is 5.75 Å². The number of carbonyl (C=O) groups excluding carboxylic acids is 1. The van der Waals surface area contributed by atoms with Gasteiger partial charge in [0.15, 0.2) is 0 Å². The summed E-state index contributed by atoms with van der Waals surface area (Å²) in [5, 5.41) is 9.44. The first-order valence-corrected chi connectivity index (χ1v) is 6.20. The normalized spacial score (nSPS) is 14.8. The maximum atomic E-state index is 10.8. The van der Waals surface area contributed by atoms with Gasteiger partial charge < -0.3 is 21.3 Å². The van der Waals surface area contributed by atoms with Crippen molar-refractivity contribution in [2.45, 2.75) is 44.9 Å². The summed E-state index contributed by atoms with van der Waals surface area (Å²) in [6.07, 6.45) is -0.953. The number of aliphatic hydroxyl groups excluding tert-OH is 1. The molecule has 0 aliphatic heterocycles. The van der Waals surface area contributed by atoms with E-state index in [4.69, 9.17) is 16.2 Å². The van der Waals surface area contributed by atoms with Crippen molar-refractivity contribution >= 4 is 5.91 Å². The number of hydrogen-bond acceptors (Lipinski definition) is 4. The highest BCUT2D eigenvalue weighted by Gasteiger charge is 2.20. The predicted octanol–water partition coefficient (Wildman–Crippen LogP) is 0.580. The van der Waals surface area contributed by atoms with Gasteiger partial charge in [-0.3, -0.25) is 4.79 Å². The molecule has 2 unspecified atom stereocenters. The van der Waals surface area contributed by atoms with Crippen LogP contribution in [0.15, 0.2) is 24.3 Å². The van der Waals surface area contributed by atoms with Gasteiger partial charge in [-0.15, -0.1) is 0 Å². The standard InChI is InChI=1S/C14H22N2O3/c1-14(2,3)19-10-6-4-9(5-7-10)8-11(15)12(17)13(16)18/h4-7,11-12,17H,8,15H2,1-3H3,(H2,16,18). The van der Waals surface area contributed by atoms with Crippen LogP contribution in [-0.2, 0) is 11.2 Å². The quantitative estimate of drug-likeness (QED) is 0.726. The molecule has 1 aromatic carbocycles. The van der Waals surface area contributed by atoms with Gasteiger partial charge in [0.25, 0.3) is 0 Å². The Bertz CT molecular complexity index is 423. The van der Waals surface area contributed by atoms with Crippen LogP contribution in [0.1, 0.15) is 26.3 Å². The topological polar surface area (TPSA) is 98.6 Å². The molecule has 1 rings (SSSR count). The van der Waals surface area contributed by atoms with Crippen molar-refractivity contribution in [2.24, 2.45) is 11.5 Å². The van der Waals surface area contributed by atoms with Crippen LogP contribution < -0.4 is 16.2 Å². The van der Waals surface area contributed by atoms with Gasteiger partial charge in [-0.05, 0) is 44.9 Å². The van der Waals surface area contributed by atoms with Crippen molar-refractivity contribution in [1.82, 2.24) is 0 Å². The van der Waals surface area contributed by atoms with Crippen molar-refractivity contribution in [2.75, 3.05) is 0 Å². The molecule has 106 valence electrons. The van der Waals surface area contributed by atoms with Crippen molar-refractivity contribution in [1.29, 1.82) is 0 Å². The molecule has 5 heteroatoms. The molecule has 0 aliphatic rings. The third-order valence-electron chi connectivity index (χ3n) is 2.52. The zero-order valence-electron chi connectivity index (χ0n) is 11.6. The first-order valence-electron chi connectivity index (χ1n) is 6.20. The fourth-order valence-electron chi connectivity index (χ4n) is 1.64. The summed E-state index contributed by atoms with van der Waals surface area (Å²) in [4.78, 5) is 10.8. The number of ether oxygens (including phenoxy) is 1. The number of nitrogens with two attached hydrogens (primary N) is 2. The largest absolute Gasteiger partial charge is 0.488 e. The molecule has 5 nitrogen and oxygen atoms in total. The minimum Gasteiger partial charge on any atom is -0.488 e. The van der Waals surface area contributed by atoms with Gasteiger partial charge in [0.1, 0.15) is 17.5 Å². The molecule has 2 atom stereocenters. The molecular weight excluding hydrogens is 244 g/mol. The number of primary amides is 1. The minimum absolute atomic E-state index is 0.250. The second kappa shape index (κ2) is 6.04. The van der Waals surface area contributed by atoms with E-state index in [2.05, 4.69) is 0 Å². The Morgan fingerprint density at radius 1 is 1.32 bits per heavy atom. The second-order valence-electron chi connectivity index (χ2n) is 5.57. The van der Waals surface area contributed by atoms with Crippen LogP contribution in [0.25, 0.3) is 0 Å². The maximum absolute atomic E-state index is 10.8. The molecule has 1 aromatic rings. The molecule has 5 N–H and O–H groups in total. The van der Waals surface area contributed by atoms with Gasteiger partial charge in [-0.25, -0.2) is 0 Å².